The van der Waals surface area contributed by atoms with E-state index in [-0.39, 0.29) is 24.5 Å². The summed E-state index contributed by atoms with van der Waals surface area (Å²) in [5.74, 6) is -2.34. The number of nitrogens with one attached hydrogen (secondary N) is 2. The summed E-state index contributed by atoms with van der Waals surface area (Å²) in [6.45, 7) is 3.46. The lowest BCUT2D eigenvalue weighted by molar-refractivity contribution is -0.147. The number of rotatable bonds is 40. The fraction of sp³-hybridized carbons (Fsp3) is 0.822. The van der Waals surface area contributed by atoms with Crippen LogP contribution in [-0.4, -0.2) is 59.3 Å². The molecule has 0 radical (unpaired) electrons. The van der Waals surface area contributed by atoms with Gasteiger partial charge in [-0.15, -0.1) is 0 Å². The predicted molar refractivity (Wildman–Crippen MR) is 222 cm³/mol. The molecule has 9 nitrogen and oxygen atoms in total. The van der Waals surface area contributed by atoms with Crippen LogP contribution in [0.2, 0.25) is 0 Å². The smallest absolute Gasteiger partial charge is 0.328 e. The lowest BCUT2D eigenvalue weighted by Crippen LogP contribution is -2.47. The Morgan fingerprint density at radius 1 is 0.574 bits per heavy atom. The Morgan fingerprint density at radius 2 is 1.06 bits per heavy atom. The molecule has 0 aromatic heterocycles. The van der Waals surface area contributed by atoms with E-state index in [1.165, 1.54) is 116 Å². The van der Waals surface area contributed by atoms with E-state index in [1.807, 2.05) is 0 Å². The standard InChI is InChI=1S/C45H82N2O7/c1-3-5-7-9-11-13-14-15-16-17-18-19-20-21-23-29-33-37-44(51)54-40(34-30-26-22-12-10-8-6-4-2)35-31-27-24-25-28-32-36-42(49)46-38-43(50)47-41(39-48)45(52)53/h12,22,30,34,40-41,48H,3-11,13-21,23-29,31-33,35-39H2,1-2H3,(H,46,49)(H,47,50)(H,52,53)/b22-12-,34-30-. The van der Waals surface area contributed by atoms with Crippen LogP contribution >= 0.6 is 0 Å². The Kier molecular flexibility index (Phi) is 38.0. The molecule has 0 aliphatic heterocycles. The Balaban J connectivity index is 4.18. The molecule has 0 spiro atoms. The fourth-order valence-electron chi connectivity index (χ4n) is 6.49. The van der Waals surface area contributed by atoms with Gasteiger partial charge in [0.05, 0.1) is 13.2 Å². The number of carboxylic acid groups (broad SMARTS) is 1. The Hall–Kier alpha value is -2.68. The van der Waals surface area contributed by atoms with Crippen molar-refractivity contribution in [1.29, 1.82) is 0 Å². The van der Waals surface area contributed by atoms with Crippen molar-refractivity contribution in [3.63, 3.8) is 0 Å². The van der Waals surface area contributed by atoms with Crippen molar-refractivity contribution in [3.05, 3.63) is 24.3 Å². The number of aliphatic hydroxyl groups is 1. The predicted octanol–water partition coefficient (Wildman–Crippen LogP) is 10.8. The van der Waals surface area contributed by atoms with Crippen LogP contribution in [0.1, 0.15) is 213 Å². The van der Waals surface area contributed by atoms with Crippen LogP contribution in [-0.2, 0) is 23.9 Å². The van der Waals surface area contributed by atoms with Crippen LogP contribution in [0, 0.1) is 0 Å². The van der Waals surface area contributed by atoms with Gasteiger partial charge in [0.25, 0.3) is 0 Å². The van der Waals surface area contributed by atoms with Crippen molar-refractivity contribution < 1.29 is 34.1 Å². The largest absolute Gasteiger partial charge is 0.480 e. The van der Waals surface area contributed by atoms with Crippen molar-refractivity contribution in [3.8, 4) is 0 Å². The highest BCUT2D eigenvalue weighted by Crippen LogP contribution is 2.16. The van der Waals surface area contributed by atoms with Gasteiger partial charge < -0.3 is 25.6 Å². The number of esters is 1. The molecule has 314 valence electrons. The van der Waals surface area contributed by atoms with E-state index in [9.17, 15) is 19.2 Å². The Labute approximate surface area is 330 Å². The minimum atomic E-state index is -1.38. The monoisotopic (exact) mass is 763 g/mol. The highest BCUT2D eigenvalue weighted by molar-refractivity contribution is 5.87. The molecule has 0 aromatic carbocycles. The number of carboxylic acids is 1. The van der Waals surface area contributed by atoms with E-state index in [4.69, 9.17) is 14.9 Å². The van der Waals surface area contributed by atoms with Crippen LogP contribution in [0.5, 0.6) is 0 Å². The molecule has 2 atom stereocenters. The van der Waals surface area contributed by atoms with E-state index < -0.39 is 24.5 Å². The van der Waals surface area contributed by atoms with E-state index >= 15 is 0 Å². The first kappa shape index (κ1) is 51.3. The van der Waals surface area contributed by atoms with Crippen molar-refractivity contribution in [2.75, 3.05) is 13.2 Å². The molecule has 0 aromatic rings. The maximum atomic E-state index is 12.7. The van der Waals surface area contributed by atoms with E-state index in [1.54, 1.807) is 0 Å². The van der Waals surface area contributed by atoms with Crippen LogP contribution in [0.25, 0.3) is 0 Å². The van der Waals surface area contributed by atoms with Crippen LogP contribution in [0.3, 0.4) is 0 Å². The maximum absolute atomic E-state index is 12.7. The summed E-state index contributed by atoms with van der Waals surface area (Å²) < 4.78 is 5.93. The third-order valence-corrected chi connectivity index (χ3v) is 9.94. The van der Waals surface area contributed by atoms with E-state index in [0.717, 1.165) is 64.2 Å². The number of hydrogen-bond acceptors (Lipinski definition) is 6. The number of aliphatic hydroxyl groups excluding tert-OH is 1. The first-order valence-corrected chi connectivity index (χ1v) is 22.2. The van der Waals surface area contributed by atoms with Crippen molar-refractivity contribution in [1.82, 2.24) is 10.6 Å². The number of unbranched alkanes of at least 4 members (excludes halogenated alkanes) is 24. The SMILES string of the molecule is CCCCC/C=C\C/C=C\C(CCCCCCCCC(=O)NCC(=O)NC(CO)C(=O)O)OC(=O)CCCCCCCCCCCCCCCCCCC. The van der Waals surface area contributed by atoms with Gasteiger partial charge in [-0.25, -0.2) is 4.79 Å². The summed E-state index contributed by atoms with van der Waals surface area (Å²) in [6, 6.07) is -1.38. The summed E-state index contributed by atoms with van der Waals surface area (Å²) >= 11 is 0. The normalized spacial score (nSPS) is 12.6. The number of amides is 2. The average molecular weight is 763 g/mol. The second-order valence-corrected chi connectivity index (χ2v) is 15.1. The fourth-order valence-corrected chi connectivity index (χ4v) is 6.49. The van der Waals surface area contributed by atoms with Crippen LogP contribution in [0.4, 0.5) is 0 Å². The zero-order chi connectivity index (χ0) is 39.7. The number of carbonyl (C=O) groups is 4. The van der Waals surface area contributed by atoms with E-state index in [0.29, 0.717) is 19.3 Å². The molecule has 4 N–H and O–H groups in total. The van der Waals surface area contributed by atoms with Gasteiger partial charge in [-0.3, -0.25) is 14.4 Å². The molecule has 0 aliphatic carbocycles. The van der Waals surface area contributed by atoms with Gasteiger partial charge in [-0.05, 0) is 51.0 Å². The second-order valence-electron chi connectivity index (χ2n) is 15.1. The van der Waals surface area contributed by atoms with Crippen molar-refractivity contribution in [2.24, 2.45) is 0 Å². The molecule has 0 fully saturated rings. The molecule has 0 saturated heterocycles. The number of aliphatic carboxylic acids is 1. The Bertz CT molecular complexity index is 968. The quantitative estimate of drug-likeness (QED) is 0.0276. The van der Waals surface area contributed by atoms with Crippen LogP contribution in [0.15, 0.2) is 24.3 Å². The highest BCUT2D eigenvalue weighted by atomic mass is 16.5. The topological polar surface area (TPSA) is 142 Å². The lowest BCUT2D eigenvalue weighted by Gasteiger charge is -2.15. The Morgan fingerprint density at radius 3 is 1.57 bits per heavy atom. The molecule has 0 rings (SSSR count). The highest BCUT2D eigenvalue weighted by Gasteiger charge is 2.18. The van der Waals surface area contributed by atoms with Gasteiger partial charge in [0.15, 0.2) is 0 Å². The summed E-state index contributed by atoms with van der Waals surface area (Å²) in [5, 5.41) is 22.5. The van der Waals surface area contributed by atoms with Gasteiger partial charge in [0.2, 0.25) is 11.8 Å². The van der Waals surface area contributed by atoms with Gasteiger partial charge in [-0.2, -0.15) is 0 Å². The second kappa shape index (κ2) is 40.0. The molecule has 2 amide bonds. The van der Waals surface area contributed by atoms with Crippen LogP contribution < -0.4 is 10.6 Å². The van der Waals surface area contributed by atoms with E-state index in [2.05, 4.69) is 48.8 Å². The molecule has 0 heterocycles. The molecular formula is C45H82N2O7. The molecule has 2 unspecified atom stereocenters. The van der Waals surface area contributed by atoms with Gasteiger partial charge in [-0.1, -0.05) is 173 Å². The zero-order valence-corrected chi connectivity index (χ0v) is 34.7. The maximum Gasteiger partial charge on any atom is 0.328 e. The summed E-state index contributed by atoms with van der Waals surface area (Å²) in [5.41, 5.74) is 0. The summed E-state index contributed by atoms with van der Waals surface area (Å²) in [4.78, 5) is 47.4. The molecule has 0 aliphatic rings. The summed E-state index contributed by atoms with van der Waals surface area (Å²) in [6.07, 6.45) is 43.8. The van der Waals surface area contributed by atoms with Crippen molar-refractivity contribution >= 4 is 23.8 Å². The number of carbonyl (C=O) groups excluding carboxylic acids is 3. The molecule has 54 heavy (non-hydrogen) atoms. The molecule has 9 heteroatoms. The average Bonchev–Trinajstić information content (AvgIpc) is 3.15. The number of allylic oxidation sites excluding steroid dienone is 3. The summed E-state index contributed by atoms with van der Waals surface area (Å²) in [7, 11) is 0. The first-order valence-electron chi connectivity index (χ1n) is 22.2. The first-order chi connectivity index (χ1) is 26.3. The minimum Gasteiger partial charge on any atom is -0.480 e. The van der Waals surface area contributed by atoms with Gasteiger partial charge in [0.1, 0.15) is 12.1 Å². The molecule has 0 bridgehead atoms. The number of hydrogen-bond donors (Lipinski definition) is 4. The molecule has 0 saturated carbocycles. The zero-order valence-electron chi connectivity index (χ0n) is 34.7. The molecular weight excluding hydrogens is 681 g/mol. The third-order valence-electron chi connectivity index (χ3n) is 9.94. The number of ether oxygens (including phenoxy) is 1. The van der Waals surface area contributed by atoms with Gasteiger partial charge >= 0.3 is 11.9 Å². The van der Waals surface area contributed by atoms with Gasteiger partial charge in [0, 0.05) is 12.8 Å². The van der Waals surface area contributed by atoms with Crippen molar-refractivity contribution in [2.45, 2.75) is 225 Å². The third kappa shape index (κ3) is 36.3. The lowest BCUT2D eigenvalue weighted by atomic mass is 10.0. The minimum absolute atomic E-state index is 0.0911.